The summed E-state index contributed by atoms with van der Waals surface area (Å²) in [5.74, 6) is -214. The van der Waals surface area contributed by atoms with Crippen LogP contribution in [0.3, 0.4) is 0 Å². The van der Waals surface area contributed by atoms with Crippen molar-refractivity contribution < 1.29 is 206 Å². The molecule has 1 fully saturated rings. The van der Waals surface area contributed by atoms with E-state index in [1.807, 2.05) is 0 Å². The lowest BCUT2D eigenvalue weighted by Gasteiger charge is -2.60. The van der Waals surface area contributed by atoms with Crippen LogP contribution in [0.1, 0.15) is 66.8 Å². The molecule has 6 nitrogen and oxygen atoms in total. The van der Waals surface area contributed by atoms with Crippen molar-refractivity contribution in [1.29, 1.82) is 0 Å². The van der Waals surface area contributed by atoms with Crippen LogP contribution in [0, 0.1) is 34.9 Å². The van der Waals surface area contributed by atoms with Gasteiger partial charge in [0.2, 0.25) is 0 Å². The molecule has 6 aliphatic carbocycles. The minimum absolute atomic E-state index is 0.501. The highest BCUT2D eigenvalue weighted by molar-refractivity contribution is 5.60. The van der Waals surface area contributed by atoms with Gasteiger partial charge in [0.05, 0.1) is 86.8 Å². The van der Waals surface area contributed by atoms with E-state index in [4.69, 9.17) is 0 Å². The van der Waals surface area contributed by atoms with Gasteiger partial charge in [-0.1, -0.05) is 0 Å². The minimum atomic E-state index is -9.01. The average molecular weight is 1610 g/mol. The first-order valence-corrected chi connectivity index (χ1v) is 26.9. The van der Waals surface area contributed by atoms with E-state index in [0.717, 1.165) is 0 Å². The van der Waals surface area contributed by atoms with Crippen LogP contribution in [0.5, 0.6) is 0 Å². The second-order valence-electron chi connectivity index (χ2n) is 25.1. The molecule has 104 heavy (non-hydrogen) atoms. The van der Waals surface area contributed by atoms with Gasteiger partial charge in [-0.3, -0.25) is 19.6 Å². The summed E-state index contributed by atoms with van der Waals surface area (Å²) in [6, 6.07) is -6.96. The monoisotopic (exact) mass is 1610 g/mol. The van der Waals surface area contributed by atoms with Gasteiger partial charge < -0.3 is 0 Å². The molecule has 10 rings (SSSR count). The van der Waals surface area contributed by atoms with Crippen molar-refractivity contribution in [1.82, 2.24) is 29.4 Å². The molecule has 3 aromatic rings. The fraction of sp³-hybridized carbons (Fsp3) is 0.647. The van der Waals surface area contributed by atoms with Crippen molar-refractivity contribution in [2.45, 2.75) is 142 Å². The third-order valence-corrected chi connectivity index (χ3v) is 19.3. The van der Waals surface area contributed by atoms with Gasteiger partial charge in [0.1, 0.15) is 34.9 Å². The molecule has 6 atom stereocenters. The number of benzene rings is 3. The molecule has 0 N–H and O–H groups in total. The van der Waals surface area contributed by atoms with Crippen LogP contribution in [0.4, 0.5) is 206 Å². The molecule has 3 aromatic carbocycles. The molecule has 6 unspecified atom stereocenters. The Labute approximate surface area is 541 Å². The fourth-order valence-corrected chi connectivity index (χ4v) is 14.2. The molecule has 588 valence electrons. The maximum absolute atomic E-state index is 18.3. The molecule has 1 aliphatic heterocycles. The first kappa shape index (κ1) is 80.7. The molecular weight excluding hydrogens is 1590 g/mol. The van der Waals surface area contributed by atoms with Crippen LogP contribution in [0.25, 0.3) is 0 Å². The second kappa shape index (κ2) is 20.3. The topological polar surface area (TPSA) is 19.4 Å². The quantitative estimate of drug-likeness (QED) is 0.180. The van der Waals surface area contributed by atoms with Crippen molar-refractivity contribution in [2.24, 2.45) is 0 Å². The lowest BCUT2D eigenvalue weighted by atomic mass is 9.69. The lowest BCUT2D eigenvalue weighted by molar-refractivity contribution is -0.429. The van der Waals surface area contributed by atoms with Crippen LogP contribution in [-0.4, -0.2) is 162 Å². The first-order chi connectivity index (χ1) is 45.7. The van der Waals surface area contributed by atoms with E-state index in [1.54, 1.807) is 0 Å². The molecule has 0 amide bonds. The van der Waals surface area contributed by atoms with Crippen molar-refractivity contribution in [2.75, 3.05) is 62.3 Å². The van der Waals surface area contributed by atoms with Crippen molar-refractivity contribution in [3.63, 3.8) is 0 Å². The van der Waals surface area contributed by atoms with E-state index in [1.165, 1.54) is 0 Å². The number of rotatable bonds is 6. The van der Waals surface area contributed by atoms with Crippen molar-refractivity contribution in [3.05, 3.63) is 102 Å². The summed E-state index contributed by atoms with van der Waals surface area (Å²) < 4.78 is 776. The Morgan fingerprint density at radius 3 is 0.635 bits per heavy atom. The molecule has 0 bridgehead atoms. The smallest absolute Gasteiger partial charge is 0.267 e. The number of halogens is 47. The van der Waals surface area contributed by atoms with E-state index in [-0.39, 0.29) is 0 Å². The van der Waals surface area contributed by atoms with Crippen LogP contribution in [-0.2, 0) is 71.1 Å². The predicted molar refractivity (Wildman–Crippen MR) is 240 cm³/mol. The minimum Gasteiger partial charge on any atom is -0.267 e. The molecular formula is C51H25F47N6. The second-order valence-corrected chi connectivity index (χ2v) is 25.1. The molecule has 0 saturated carbocycles. The molecule has 0 spiro atoms. The zero-order chi connectivity index (χ0) is 81.1. The van der Waals surface area contributed by atoms with Crippen LogP contribution < -0.4 is 0 Å². The maximum Gasteiger partial charge on any atom is 0.367 e. The van der Waals surface area contributed by atoms with Gasteiger partial charge in [0, 0.05) is 0 Å². The number of fused-ring (bicyclic) bond motifs is 6. The number of nitrogens with zero attached hydrogens (tertiary/aromatic N) is 6. The van der Waals surface area contributed by atoms with Gasteiger partial charge in [-0.25, -0.2) is 58.1 Å². The standard InChI is InChI=1S/C51H25F47N6/c1-99(2)47(94)36(72,73)17-12(31(62,63)42(47,84)85)22(52)10-11(23(17)53)30(60,61)41(82,83)28(29(10,58)59)102-7-103(50(97)39(78,79)20-15(34(68,69)45(50,90)91)24(54)18-13(26(20)56)32(64,65)43(86,87)48(95,100(3)4)37(18,74)75)9-104(8-102)51(98)40(80,81)21-16(35(70,71)46(51,92)93)25(55)19-14(27(21)57)33(66,67)44(88,89)49(96,101(5)6)38(19,76)77/h28H,7-9H2,1-6H3. The number of hydrogen-bond acceptors (Lipinski definition) is 6. The Balaban J connectivity index is 1.34. The third-order valence-electron chi connectivity index (χ3n) is 19.3. The normalized spacial score (nSPS) is 34.6. The summed E-state index contributed by atoms with van der Waals surface area (Å²) in [4.78, 5) is -14.3. The van der Waals surface area contributed by atoms with Crippen molar-refractivity contribution >= 4 is 0 Å². The van der Waals surface area contributed by atoms with Gasteiger partial charge in [0.25, 0.3) is 5.92 Å². The Bertz CT molecular complexity index is 4040. The van der Waals surface area contributed by atoms with Gasteiger partial charge in [0.15, 0.2) is 6.04 Å². The van der Waals surface area contributed by atoms with Gasteiger partial charge in [-0.05, 0) is 42.3 Å². The predicted octanol–water partition coefficient (Wildman–Crippen LogP) is 17.1. The molecule has 7 aliphatic rings. The Kier molecular flexibility index (Phi) is 15.8. The Hall–Kier alpha value is -5.87. The number of alkyl halides is 41. The van der Waals surface area contributed by atoms with Crippen LogP contribution in [0.15, 0.2) is 0 Å². The summed E-state index contributed by atoms with van der Waals surface area (Å²) >= 11 is 0. The lowest BCUT2D eigenvalue weighted by Crippen LogP contribution is -2.83. The van der Waals surface area contributed by atoms with E-state index >= 15 is 206 Å². The zero-order valence-electron chi connectivity index (χ0n) is 49.6. The van der Waals surface area contributed by atoms with E-state index < -0.39 is 335 Å². The highest BCUT2D eigenvalue weighted by Gasteiger charge is 2.96. The largest absolute Gasteiger partial charge is 0.367 e. The molecule has 1 heterocycles. The summed E-state index contributed by atoms with van der Waals surface area (Å²) in [5, 5.41) is 0. The number of likely N-dealkylation sites (N-methyl/N-ethyl adjacent to an activating group) is 3. The summed E-state index contributed by atoms with van der Waals surface area (Å²) in [7, 11) is -3.10. The van der Waals surface area contributed by atoms with Gasteiger partial charge in [-0.2, -0.15) is 158 Å². The summed E-state index contributed by atoms with van der Waals surface area (Å²) in [6.07, 6.45) is 0. The van der Waals surface area contributed by atoms with E-state index in [9.17, 15) is 0 Å². The van der Waals surface area contributed by atoms with Crippen LogP contribution >= 0.6 is 0 Å². The summed E-state index contributed by atoms with van der Waals surface area (Å²) in [5.41, 5.74) is -58.3. The van der Waals surface area contributed by atoms with E-state index in [2.05, 4.69) is 0 Å². The molecule has 0 aromatic heterocycles. The zero-order valence-corrected chi connectivity index (χ0v) is 49.6. The van der Waals surface area contributed by atoms with E-state index in [0.29, 0.717) is 0 Å². The molecule has 0 radical (unpaired) electrons. The SMILES string of the molecule is CN(C)C1(F)C(F)(F)c2c(F)c3c(c(F)c2C(F)(F)C1(F)F)C(F)(F)C(N1CN(C2(F)C(F)(F)c4c(F)c5c(c(F)c4C(F)(F)C2(F)F)C(F)(F)C(F)(N(C)C)C(F)(F)C5(F)F)CN(C2(F)C(F)(F)c4c(F)c5c(c(F)c4C(F)(F)C2(F)F)C(F)(F)C(F)(N(C)C)C(F)(F)C5(F)F)C1)C(F)(F)C3(F)F. The third kappa shape index (κ3) is 7.52. The van der Waals surface area contributed by atoms with Crippen LogP contribution in [0.2, 0.25) is 0 Å². The fourth-order valence-electron chi connectivity index (χ4n) is 14.2. The average Bonchev–Trinajstić information content (AvgIpc) is 0.655. The van der Waals surface area contributed by atoms with Gasteiger partial charge >= 0.3 is 130 Å². The highest BCUT2D eigenvalue weighted by atomic mass is 19.4. The van der Waals surface area contributed by atoms with Crippen molar-refractivity contribution in [3.8, 4) is 0 Å². The Morgan fingerprint density at radius 2 is 0.413 bits per heavy atom. The van der Waals surface area contributed by atoms with Gasteiger partial charge in [-0.15, -0.1) is 0 Å². The maximum atomic E-state index is 18.3. The first-order valence-electron chi connectivity index (χ1n) is 26.9. The molecule has 1 saturated heterocycles. The Morgan fingerprint density at radius 1 is 0.231 bits per heavy atom. The summed E-state index contributed by atoms with van der Waals surface area (Å²) in [6.45, 7) is -14.3. The number of hydrogen-bond donors (Lipinski definition) is 0. The highest BCUT2D eigenvalue weighted by Crippen LogP contribution is 2.77. The molecule has 53 heteroatoms.